The number of ether oxygens (including phenoxy) is 1. The number of hydrogen-bond acceptors (Lipinski definition) is 4. The van der Waals surface area contributed by atoms with Crippen LogP contribution in [0.2, 0.25) is 0 Å². The number of phenolic OH excluding ortho intramolecular Hbond substituents is 1. The highest BCUT2D eigenvalue weighted by Crippen LogP contribution is 2.55. The first-order valence-electron chi connectivity index (χ1n) is 6.74. The molecule has 0 bridgehead atoms. The van der Waals surface area contributed by atoms with E-state index in [-0.39, 0.29) is 17.3 Å². The first kappa shape index (κ1) is 12.1. The lowest BCUT2D eigenvalue weighted by molar-refractivity contribution is -0.568. The second-order valence-corrected chi connectivity index (χ2v) is 6.22. The Bertz CT molecular complexity index is 694. The summed E-state index contributed by atoms with van der Waals surface area (Å²) in [4.78, 5) is 10.7. The van der Waals surface area contributed by atoms with Crippen LogP contribution in [-0.2, 0) is 20.3 Å². The topological polar surface area (TPSA) is 47.9 Å². The third kappa shape index (κ3) is 1.41. The van der Waals surface area contributed by atoms with E-state index in [2.05, 4.69) is 13.8 Å². The fourth-order valence-electron chi connectivity index (χ4n) is 3.14. The summed E-state index contributed by atoms with van der Waals surface area (Å²) in [5.41, 5.74) is 0.869. The summed E-state index contributed by atoms with van der Waals surface area (Å²) in [6.07, 6.45) is -0.116. The lowest BCUT2D eigenvalue weighted by Gasteiger charge is -2.44. The quantitative estimate of drug-likeness (QED) is 0.810. The molecule has 2 aliphatic heterocycles. The number of phenols is 1. The van der Waals surface area contributed by atoms with Gasteiger partial charge >= 0.3 is 0 Å². The number of rotatable bonds is 1. The summed E-state index contributed by atoms with van der Waals surface area (Å²) in [5.74, 6) is -0.567. The van der Waals surface area contributed by atoms with Crippen LogP contribution in [0.15, 0.2) is 36.4 Å². The van der Waals surface area contributed by atoms with Gasteiger partial charge in [0.25, 0.3) is 5.79 Å². The summed E-state index contributed by atoms with van der Waals surface area (Å²) in [6, 6.07) is 11.2. The predicted molar refractivity (Wildman–Crippen MR) is 73.0 cm³/mol. The fourth-order valence-corrected chi connectivity index (χ4v) is 3.14. The van der Waals surface area contributed by atoms with Crippen molar-refractivity contribution in [2.75, 3.05) is 6.61 Å². The van der Waals surface area contributed by atoms with Gasteiger partial charge in [-0.15, -0.1) is 0 Å². The smallest absolute Gasteiger partial charge is 0.258 e. The van der Waals surface area contributed by atoms with Gasteiger partial charge < -0.3 is 9.84 Å². The molecule has 2 heterocycles. The molecule has 4 heteroatoms. The van der Waals surface area contributed by atoms with Crippen LogP contribution in [-0.4, -0.2) is 17.8 Å². The SMILES string of the molecule is CC1(C)COC2(c3cccc4cc(O)ccc34)OOC12. The first-order valence-corrected chi connectivity index (χ1v) is 6.74. The van der Waals surface area contributed by atoms with Gasteiger partial charge in [-0.05, 0) is 22.9 Å². The van der Waals surface area contributed by atoms with Gasteiger partial charge in [-0.3, -0.25) is 0 Å². The molecular formula is C16H16O4. The molecule has 2 unspecified atom stereocenters. The minimum Gasteiger partial charge on any atom is -0.508 e. The van der Waals surface area contributed by atoms with E-state index < -0.39 is 5.79 Å². The third-order valence-electron chi connectivity index (χ3n) is 4.22. The Morgan fingerprint density at radius 3 is 2.75 bits per heavy atom. The second kappa shape index (κ2) is 3.73. The van der Waals surface area contributed by atoms with E-state index in [0.29, 0.717) is 6.61 Å². The molecule has 0 amide bonds. The summed E-state index contributed by atoms with van der Waals surface area (Å²) >= 11 is 0. The summed E-state index contributed by atoms with van der Waals surface area (Å²) in [5, 5.41) is 11.6. The van der Waals surface area contributed by atoms with E-state index in [1.54, 1.807) is 12.1 Å². The van der Waals surface area contributed by atoms with Gasteiger partial charge in [0.05, 0.1) is 6.61 Å². The Balaban J connectivity index is 1.92. The normalized spacial score (nSPS) is 31.0. The van der Waals surface area contributed by atoms with Gasteiger partial charge in [0.2, 0.25) is 0 Å². The van der Waals surface area contributed by atoms with E-state index >= 15 is 0 Å². The van der Waals surface area contributed by atoms with Gasteiger partial charge in [0, 0.05) is 11.0 Å². The Labute approximate surface area is 116 Å². The molecule has 2 aliphatic rings. The molecule has 20 heavy (non-hydrogen) atoms. The molecule has 4 nitrogen and oxygen atoms in total. The number of aromatic hydroxyl groups is 1. The molecule has 2 fully saturated rings. The zero-order chi connectivity index (χ0) is 14.0. The Morgan fingerprint density at radius 2 is 2.05 bits per heavy atom. The van der Waals surface area contributed by atoms with Crippen molar-refractivity contribution in [2.45, 2.75) is 25.7 Å². The molecule has 2 aromatic rings. The number of hydrogen-bond donors (Lipinski definition) is 1. The van der Waals surface area contributed by atoms with Crippen LogP contribution >= 0.6 is 0 Å². The molecule has 2 atom stereocenters. The van der Waals surface area contributed by atoms with Crippen LogP contribution in [0.1, 0.15) is 19.4 Å². The first-order chi connectivity index (χ1) is 9.53. The van der Waals surface area contributed by atoms with Crippen molar-refractivity contribution in [3.8, 4) is 5.75 Å². The molecule has 1 N–H and O–H groups in total. The van der Waals surface area contributed by atoms with E-state index in [0.717, 1.165) is 16.3 Å². The molecule has 0 aromatic heterocycles. The minimum atomic E-state index is -0.819. The van der Waals surface area contributed by atoms with E-state index in [1.165, 1.54) is 0 Å². The van der Waals surface area contributed by atoms with E-state index in [4.69, 9.17) is 14.5 Å². The second-order valence-electron chi connectivity index (χ2n) is 6.22. The van der Waals surface area contributed by atoms with Gasteiger partial charge in [0.1, 0.15) is 5.75 Å². The zero-order valence-electron chi connectivity index (χ0n) is 11.4. The van der Waals surface area contributed by atoms with Gasteiger partial charge in [-0.2, -0.15) is 4.89 Å². The van der Waals surface area contributed by atoms with Gasteiger partial charge in [-0.25, -0.2) is 4.89 Å². The summed E-state index contributed by atoms with van der Waals surface area (Å²) < 4.78 is 5.97. The molecule has 0 radical (unpaired) electrons. The van der Waals surface area contributed by atoms with Crippen LogP contribution in [0.4, 0.5) is 0 Å². The molecular weight excluding hydrogens is 256 g/mol. The van der Waals surface area contributed by atoms with Crippen molar-refractivity contribution in [1.29, 1.82) is 0 Å². The average molecular weight is 272 g/mol. The van der Waals surface area contributed by atoms with Crippen molar-refractivity contribution in [1.82, 2.24) is 0 Å². The van der Waals surface area contributed by atoms with E-state index in [9.17, 15) is 5.11 Å². The predicted octanol–water partition coefficient (Wildman–Crippen LogP) is 3.09. The van der Waals surface area contributed by atoms with Crippen LogP contribution < -0.4 is 0 Å². The third-order valence-corrected chi connectivity index (χ3v) is 4.22. The Kier molecular flexibility index (Phi) is 2.26. The lowest BCUT2D eigenvalue weighted by Crippen LogP contribution is -2.55. The summed E-state index contributed by atoms with van der Waals surface area (Å²) in [7, 11) is 0. The highest BCUT2D eigenvalue weighted by molar-refractivity contribution is 5.87. The number of fused-ring (bicyclic) bond motifs is 2. The summed E-state index contributed by atoms with van der Waals surface area (Å²) in [6.45, 7) is 4.81. The maximum absolute atomic E-state index is 9.61. The van der Waals surface area contributed by atoms with Crippen molar-refractivity contribution < 1.29 is 19.6 Å². The van der Waals surface area contributed by atoms with Crippen molar-refractivity contribution in [2.24, 2.45) is 5.41 Å². The van der Waals surface area contributed by atoms with E-state index in [1.807, 2.05) is 24.3 Å². The van der Waals surface area contributed by atoms with Gasteiger partial charge in [-0.1, -0.05) is 38.1 Å². The Morgan fingerprint density at radius 1 is 1.20 bits per heavy atom. The monoisotopic (exact) mass is 272 g/mol. The molecule has 0 saturated carbocycles. The van der Waals surface area contributed by atoms with Crippen LogP contribution in [0.5, 0.6) is 5.75 Å². The highest BCUT2D eigenvalue weighted by Gasteiger charge is 2.66. The van der Waals surface area contributed by atoms with Crippen molar-refractivity contribution >= 4 is 10.8 Å². The van der Waals surface area contributed by atoms with Crippen LogP contribution in [0.25, 0.3) is 10.8 Å². The highest BCUT2D eigenvalue weighted by atomic mass is 17.3. The Hall–Kier alpha value is -1.62. The van der Waals surface area contributed by atoms with Crippen LogP contribution in [0.3, 0.4) is 0 Å². The van der Waals surface area contributed by atoms with Gasteiger partial charge in [0.15, 0.2) is 6.10 Å². The van der Waals surface area contributed by atoms with Crippen molar-refractivity contribution in [3.05, 3.63) is 42.0 Å². The zero-order valence-corrected chi connectivity index (χ0v) is 11.4. The standard InChI is InChI=1S/C16H16O4/c1-15(2)9-18-16(14(15)19-20-16)13-5-3-4-10-8-11(17)6-7-12(10)13/h3-8,14,17H,9H2,1-2H3. The molecule has 4 rings (SSSR count). The van der Waals surface area contributed by atoms with Crippen molar-refractivity contribution in [3.63, 3.8) is 0 Å². The molecule has 2 saturated heterocycles. The average Bonchev–Trinajstić information content (AvgIpc) is 2.54. The maximum Gasteiger partial charge on any atom is 0.258 e. The number of benzene rings is 2. The van der Waals surface area contributed by atoms with Crippen LogP contribution in [0, 0.1) is 5.41 Å². The minimum absolute atomic E-state index is 0.0860. The molecule has 0 spiro atoms. The molecule has 0 aliphatic carbocycles. The fraction of sp³-hybridized carbons (Fsp3) is 0.375. The molecule has 104 valence electrons. The maximum atomic E-state index is 9.61. The largest absolute Gasteiger partial charge is 0.508 e. The lowest BCUT2D eigenvalue weighted by atomic mass is 9.81. The molecule has 2 aromatic carbocycles.